The fraction of sp³-hybridized carbons (Fsp3) is 0.176. The Kier molecular flexibility index (Phi) is 2.67. The van der Waals surface area contributed by atoms with Crippen molar-refractivity contribution in [3.8, 4) is 11.1 Å². The molecule has 0 fully saturated rings. The van der Waals surface area contributed by atoms with Crippen LogP contribution in [0.25, 0.3) is 17.2 Å². The van der Waals surface area contributed by atoms with Crippen LogP contribution in [0.1, 0.15) is 11.1 Å². The van der Waals surface area contributed by atoms with E-state index in [0.29, 0.717) is 0 Å². The number of nitrogens with zero attached hydrogens (tertiary/aromatic N) is 1. The van der Waals surface area contributed by atoms with Gasteiger partial charge in [0.15, 0.2) is 0 Å². The molecule has 0 heterocycles. The highest BCUT2D eigenvalue weighted by molar-refractivity contribution is 5.80. The van der Waals surface area contributed by atoms with Gasteiger partial charge in [0, 0.05) is 26.2 Å². The Morgan fingerprint density at radius 2 is 1.67 bits per heavy atom. The molecule has 0 amide bonds. The van der Waals surface area contributed by atoms with E-state index in [9.17, 15) is 0 Å². The van der Waals surface area contributed by atoms with Gasteiger partial charge in [0.05, 0.1) is 0 Å². The molecule has 0 N–H and O–H groups in total. The Hall–Kier alpha value is -2.02. The third-order valence-corrected chi connectivity index (χ3v) is 3.54. The molecule has 0 saturated heterocycles. The van der Waals surface area contributed by atoms with Crippen LogP contribution < -0.4 is 0 Å². The zero-order chi connectivity index (χ0) is 12.5. The molecule has 0 aromatic heterocycles. The Balaban J connectivity index is 2.12. The minimum atomic E-state index is 1.04. The molecule has 0 radical (unpaired) electrons. The molecular formula is C17H17N. The van der Waals surface area contributed by atoms with Crippen LogP contribution in [0.3, 0.4) is 0 Å². The number of fused-ring (bicyclic) bond motifs is 1. The lowest BCUT2D eigenvalue weighted by Gasteiger charge is -2.12. The molecule has 90 valence electrons. The van der Waals surface area contributed by atoms with Crippen molar-refractivity contribution in [3.05, 3.63) is 65.4 Å². The van der Waals surface area contributed by atoms with E-state index in [1.165, 1.54) is 28.0 Å². The Labute approximate surface area is 108 Å². The van der Waals surface area contributed by atoms with Crippen LogP contribution in [0.2, 0.25) is 0 Å². The van der Waals surface area contributed by atoms with Crippen molar-refractivity contribution in [2.24, 2.45) is 0 Å². The molecular weight excluding hydrogens is 218 g/mol. The molecule has 0 aliphatic heterocycles. The maximum atomic E-state index is 2.32. The van der Waals surface area contributed by atoms with E-state index in [1.807, 2.05) is 0 Å². The van der Waals surface area contributed by atoms with Crippen LogP contribution in [0, 0.1) is 0 Å². The number of hydrogen-bond acceptors (Lipinski definition) is 1. The summed E-state index contributed by atoms with van der Waals surface area (Å²) in [6.45, 7) is 0. The Morgan fingerprint density at radius 3 is 2.39 bits per heavy atom. The summed E-state index contributed by atoms with van der Waals surface area (Å²) < 4.78 is 0. The molecule has 0 bridgehead atoms. The molecule has 0 unspecified atom stereocenters. The Morgan fingerprint density at radius 1 is 0.889 bits per heavy atom. The van der Waals surface area contributed by atoms with Crippen LogP contribution in [-0.2, 0) is 6.42 Å². The first-order valence-corrected chi connectivity index (χ1v) is 6.31. The van der Waals surface area contributed by atoms with Gasteiger partial charge in [0.25, 0.3) is 0 Å². The number of likely N-dealkylation sites (N-methyl/N-ethyl adjacent to an activating group) is 1. The van der Waals surface area contributed by atoms with E-state index in [-0.39, 0.29) is 0 Å². The predicted octanol–water partition coefficient (Wildman–Crippen LogP) is 3.81. The van der Waals surface area contributed by atoms with Crippen LogP contribution >= 0.6 is 0 Å². The summed E-state index contributed by atoms with van der Waals surface area (Å²) in [5.41, 5.74) is 6.83. The summed E-state index contributed by atoms with van der Waals surface area (Å²) in [5, 5.41) is 0. The molecule has 0 spiro atoms. The average Bonchev–Trinajstić information content (AvgIpc) is 2.83. The maximum absolute atomic E-state index is 2.32. The van der Waals surface area contributed by atoms with Gasteiger partial charge in [-0.1, -0.05) is 48.5 Å². The van der Waals surface area contributed by atoms with Gasteiger partial charge in [0.1, 0.15) is 0 Å². The molecule has 3 rings (SSSR count). The largest absolute Gasteiger partial charge is 0.381 e. The number of allylic oxidation sites excluding steroid dienone is 1. The van der Waals surface area contributed by atoms with Crippen molar-refractivity contribution in [3.63, 3.8) is 0 Å². The lowest BCUT2D eigenvalue weighted by atomic mass is 9.97. The van der Waals surface area contributed by atoms with E-state index < -0.39 is 0 Å². The van der Waals surface area contributed by atoms with Crippen LogP contribution in [-0.4, -0.2) is 19.0 Å². The Bertz CT molecular complexity index is 594. The summed E-state index contributed by atoms with van der Waals surface area (Å²) in [7, 11) is 4.22. The molecule has 2 aromatic carbocycles. The second-order valence-electron chi connectivity index (χ2n) is 4.95. The van der Waals surface area contributed by atoms with Gasteiger partial charge in [-0.2, -0.15) is 0 Å². The van der Waals surface area contributed by atoms with Crippen molar-refractivity contribution >= 4 is 6.08 Å². The zero-order valence-electron chi connectivity index (χ0n) is 10.9. The van der Waals surface area contributed by atoms with E-state index in [1.54, 1.807) is 0 Å². The van der Waals surface area contributed by atoms with Gasteiger partial charge in [-0.25, -0.2) is 0 Å². The first kappa shape index (κ1) is 11.1. The maximum Gasteiger partial charge on any atom is 0.0178 e. The molecule has 18 heavy (non-hydrogen) atoms. The third kappa shape index (κ3) is 1.82. The standard InChI is InChI=1S/C17H17N/c1-18(2)15-11-14-9-6-10-16(17(14)12-15)13-7-4-3-5-8-13/h3-10,12H,11H2,1-2H3. The molecule has 2 aromatic rings. The summed E-state index contributed by atoms with van der Waals surface area (Å²) >= 11 is 0. The highest BCUT2D eigenvalue weighted by Gasteiger charge is 2.17. The monoisotopic (exact) mass is 235 g/mol. The van der Waals surface area contributed by atoms with E-state index in [4.69, 9.17) is 0 Å². The van der Waals surface area contributed by atoms with Gasteiger partial charge in [-0.3, -0.25) is 0 Å². The van der Waals surface area contributed by atoms with Crippen LogP contribution in [0.5, 0.6) is 0 Å². The second kappa shape index (κ2) is 4.34. The smallest absolute Gasteiger partial charge is 0.0178 e. The van der Waals surface area contributed by atoms with Crippen molar-refractivity contribution in [2.45, 2.75) is 6.42 Å². The fourth-order valence-corrected chi connectivity index (χ4v) is 2.51. The SMILES string of the molecule is CN(C)C1=Cc2c(cccc2-c2ccccc2)C1. The van der Waals surface area contributed by atoms with Crippen molar-refractivity contribution in [2.75, 3.05) is 14.1 Å². The number of benzene rings is 2. The molecule has 1 heteroatoms. The second-order valence-corrected chi connectivity index (χ2v) is 4.95. The number of rotatable bonds is 2. The van der Waals surface area contributed by atoms with Crippen molar-refractivity contribution in [1.82, 2.24) is 4.90 Å². The van der Waals surface area contributed by atoms with Crippen molar-refractivity contribution in [1.29, 1.82) is 0 Å². The molecule has 1 nitrogen and oxygen atoms in total. The highest BCUT2D eigenvalue weighted by Crippen LogP contribution is 2.34. The van der Waals surface area contributed by atoms with Gasteiger partial charge >= 0.3 is 0 Å². The topological polar surface area (TPSA) is 3.24 Å². The molecule has 1 aliphatic rings. The lowest BCUT2D eigenvalue weighted by molar-refractivity contribution is 0.507. The normalized spacial score (nSPS) is 13.1. The summed E-state index contributed by atoms with van der Waals surface area (Å²) in [5.74, 6) is 0. The first-order chi connectivity index (χ1) is 8.75. The van der Waals surface area contributed by atoms with Gasteiger partial charge in [-0.15, -0.1) is 0 Å². The first-order valence-electron chi connectivity index (χ1n) is 6.31. The van der Waals surface area contributed by atoms with E-state index in [0.717, 1.165) is 6.42 Å². The summed E-state index contributed by atoms with van der Waals surface area (Å²) in [4.78, 5) is 2.20. The third-order valence-electron chi connectivity index (χ3n) is 3.54. The average molecular weight is 235 g/mol. The quantitative estimate of drug-likeness (QED) is 0.765. The molecule has 0 saturated carbocycles. The minimum absolute atomic E-state index is 1.04. The van der Waals surface area contributed by atoms with E-state index >= 15 is 0 Å². The van der Waals surface area contributed by atoms with Crippen LogP contribution in [0.15, 0.2) is 54.2 Å². The zero-order valence-corrected chi connectivity index (χ0v) is 10.9. The minimum Gasteiger partial charge on any atom is -0.381 e. The molecule has 1 aliphatic carbocycles. The van der Waals surface area contributed by atoms with Crippen molar-refractivity contribution < 1.29 is 0 Å². The highest BCUT2D eigenvalue weighted by atomic mass is 15.1. The van der Waals surface area contributed by atoms with E-state index in [2.05, 4.69) is 73.6 Å². The van der Waals surface area contributed by atoms with Gasteiger partial charge in [0.2, 0.25) is 0 Å². The lowest BCUT2D eigenvalue weighted by Crippen LogP contribution is -2.10. The predicted molar refractivity (Wildman–Crippen MR) is 77.2 cm³/mol. The molecule has 0 atom stereocenters. The van der Waals surface area contributed by atoms with Crippen LogP contribution in [0.4, 0.5) is 0 Å². The van der Waals surface area contributed by atoms with Gasteiger partial charge < -0.3 is 4.90 Å². The summed E-state index contributed by atoms with van der Waals surface area (Å²) in [6.07, 6.45) is 3.36. The fourth-order valence-electron chi connectivity index (χ4n) is 2.51. The summed E-state index contributed by atoms with van der Waals surface area (Å²) in [6, 6.07) is 17.2. The number of hydrogen-bond donors (Lipinski definition) is 0. The van der Waals surface area contributed by atoms with Gasteiger partial charge in [-0.05, 0) is 28.3 Å².